The molecule has 1 aliphatic carbocycles. The second kappa shape index (κ2) is 9.15. The van der Waals surface area contributed by atoms with Crippen molar-refractivity contribution in [3.8, 4) is 0 Å². The molecule has 0 bridgehead atoms. The first-order valence-corrected chi connectivity index (χ1v) is 7.57. The summed E-state index contributed by atoms with van der Waals surface area (Å²) in [5.41, 5.74) is 2.44. The lowest BCUT2D eigenvalue weighted by molar-refractivity contribution is -0.191. The third-order valence-electron chi connectivity index (χ3n) is 3.14. The van der Waals surface area contributed by atoms with Gasteiger partial charge in [0.25, 0.3) is 0 Å². The van der Waals surface area contributed by atoms with E-state index in [4.69, 9.17) is 32.8 Å². The third kappa shape index (κ3) is 6.06. The molecular formula is C15H19Cl2NO2. The lowest BCUT2D eigenvalue weighted by Crippen LogP contribution is -2.15. The molecule has 0 saturated heterocycles. The first-order chi connectivity index (χ1) is 9.62. The first-order valence-electron chi connectivity index (χ1n) is 6.81. The number of benzene rings is 1. The fourth-order valence-corrected chi connectivity index (χ4v) is 2.34. The minimum absolute atomic E-state index is 0.250. The van der Waals surface area contributed by atoms with Gasteiger partial charge in [-0.05, 0) is 42.9 Å². The molecule has 0 spiro atoms. The topological polar surface area (TPSA) is 46.2 Å². The minimum atomic E-state index is 0.250. The van der Waals surface area contributed by atoms with Crippen LogP contribution in [0, 0.1) is 0 Å². The molecule has 0 aromatic heterocycles. The second-order valence-corrected chi connectivity index (χ2v) is 5.68. The van der Waals surface area contributed by atoms with Crippen molar-refractivity contribution in [2.75, 3.05) is 0 Å². The molecular weight excluding hydrogens is 297 g/mol. The van der Waals surface area contributed by atoms with Crippen LogP contribution in [0.4, 0.5) is 0 Å². The van der Waals surface area contributed by atoms with E-state index in [1.165, 1.54) is 31.2 Å². The van der Waals surface area contributed by atoms with E-state index in [0.717, 1.165) is 18.5 Å². The maximum Gasteiger partial charge on any atom is 0.373 e. The minimum Gasteiger partial charge on any atom is -0.310 e. The van der Waals surface area contributed by atoms with Crippen LogP contribution in [0.15, 0.2) is 12.1 Å². The number of rotatable bonds is 6. The summed E-state index contributed by atoms with van der Waals surface area (Å²) in [4.78, 5) is 16.2. The highest BCUT2D eigenvalue weighted by atomic mass is 35.5. The van der Waals surface area contributed by atoms with E-state index in [0.29, 0.717) is 16.1 Å². The Balaban J connectivity index is 0.000000612. The number of hydrogen-bond acceptors (Lipinski definition) is 3. The molecule has 20 heavy (non-hydrogen) atoms. The van der Waals surface area contributed by atoms with E-state index >= 15 is 0 Å². The van der Waals surface area contributed by atoms with Gasteiger partial charge in [-0.1, -0.05) is 42.6 Å². The number of unbranched alkanes of at least 4 members (excludes halogenated alkanes) is 1. The van der Waals surface area contributed by atoms with Crippen molar-refractivity contribution in [3.05, 3.63) is 33.3 Å². The van der Waals surface area contributed by atoms with Crippen LogP contribution in [0.2, 0.25) is 10.0 Å². The summed E-state index contributed by atoms with van der Waals surface area (Å²) in [7, 11) is 0. The highest BCUT2D eigenvalue weighted by Gasteiger charge is 2.20. The van der Waals surface area contributed by atoms with E-state index in [9.17, 15) is 0 Å². The van der Waals surface area contributed by atoms with Gasteiger partial charge in [0.15, 0.2) is 0 Å². The molecule has 1 aromatic rings. The van der Waals surface area contributed by atoms with Crippen LogP contribution >= 0.6 is 23.2 Å². The van der Waals surface area contributed by atoms with Gasteiger partial charge >= 0.3 is 6.15 Å². The molecule has 1 aliphatic rings. The monoisotopic (exact) mass is 315 g/mol. The molecule has 1 N–H and O–H groups in total. The first kappa shape index (κ1) is 17.2. The van der Waals surface area contributed by atoms with Crippen LogP contribution in [0.1, 0.15) is 43.7 Å². The molecule has 5 heteroatoms. The SMILES string of the molecule is CCCCc1cc(Cl)c(Cl)c(CNC2CC2)c1.O=C=O. The average molecular weight is 316 g/mol. The Morgan fingerprint density at radius 3 is 2.50 bits per heavy atom. The van der Waals surface area contributed by atoms with Crippen molar-refractivity contribution in [1.29, 1.82) is 0 Å². The summed E-state index contributed by atoms with van der Waals surface area (Å²) >= 11 is 12.4. The third-order valence-corrected chi connectivity index (χ3v) is 3.98. The number of hydrogen-bond donors (Lipinski definition) is 1. The van der Waals surface area contributed by atoms with Gasteiger partial charge < -0.3 is 5.32 Å². The van der Waals surface area contributed by atoms with Crippen LogP contribution in [0.5, 0.6) is 0 Å². The largest absolute Gasteiger partial charge is 0.373 e. The zero-order valence-electron chi connectivity index (χ0n) is 11.5. The summed E-state index contributed by atoms with van der Waals surface area (Å²) in [6, 6.07) is 4.89. The van der Waals surface area contributed by atoms with Crippen LogP contribution in [-0.2, 0) is 22.6 Å². The fourth-order valence-electron chi connectivity index (χ4n) is 1.90. The second-order valence-electron chi connectivity index (χ2n) is 4.89. The molecule has 0 atom stereocenters. The van der Waals surface area contributed by atoms with Gasteiger partial charge in [0.2, 0.25) is 0 Å². The number of halogens is 2. The molecule has 0 amide bonds. The molecule has 3 nitrogen and oxygen atoms in total. The molecule has 110 valence electrons. The van der Waals surface area contributed by atoms with E-state index < -0.39 is 0 Å². The van der Waals surface area contributed by atoms with Crippen molar-refractivity contribution in [2.45, 2.75) is 51.6 Å². The predicted molar refractivity (Wildman–Crippen MR) is 79.9 cm³/mol. The number of nitrogens with one attached hydrogen (secondary N) is 1. The van der Waals surface area contributed by atoms with Crippen LogP contribution < -0.4 is 5.32 Å². The quantitative estimate of drug-likeness (QED) is 0.862. The summed E-state index contributed by atoms with van der Waals surface area (Å²) in [5.74, 6) is 0. The Labute approximate surface area is 129 Å². The molecule has 0 radical (unpaired) electrons. The molecule has 2 rings (SSSR count). The summed E-state index contributed by atoms with van der Waals surface area (Å²) in [6.07, 6.45) is 6.33. The molecule has 0 unspecified atom stereocenters. The van der Waals surface area contributed by atoms with Gasteiger partial charge in [0.1, 0.15) is 0 Å². The normalized spacial score (nSPS) is 13.3. The van der Waals surface area contributed by atoms with E-state index in [-0.39, 0.29) is 6.15 Å². The molecule has 1 saturated carbocycles. The molecule has 0 aliphatic heterocycles. The standard InChI is InChI=1S/C14H19Cl2N.CO2/c1-2-3-4-10-7-11(9-17-12-5-6-12)14(16)13(15)8-10;2-1-3/h7-8,12,17H,2-6,9H2,1H3;. The zero-order chi connectivity index (χ0) is 15.0. The van der Waals surface area contributed by atoms with Gasteiger partial charge in [0, 0.05) is 12.6 Å². The van der Waals surface area contributed by atoms with Crippen LogP contribution in [0.3, 0.4) is 0 Å². The summed E-state index contributed by atoms with van der Waals surface area (Å²) < 4.78 is 0. The van der Waals surface area contributed by atoms with Crippen molar-refractivity contribution < 1.29 is 9.59 Å². The van der Waals surface area contributed by atoms with Crippen LogP contribution in [-0.4, -0.2) is 12.2 Å². The average Bonchev–Trinajstić information content (AvgIpc) is 3.23. The molecule has 1 aromatic carbocycles. The Morgan fingerprint density at radius 1 is 1.30 bits per heavy atom. The van der Waals surface area contributed by atoms with Crippen molar-refractivity contribution in [1.82, 2.24) is 5.32 Å². The Bertz CT molecular complexity index is 467. The fraction of sp³-hybridized carbons (Fsp3) is 0.533. The Hall–Kier alpha value is -0.860. The number of carbonyl (C=O) groups excluding carboxylic acids is 2. The lowest BCUT2D eigenvalue weighted by atomic mass is 10.1. The van der Waals surface area contributed by atoms with Gasteiger partial charge in [0.05, 0.1) is 10.0 Å². The molecule has 1 fully saturated rings. The van der Waals surface area contributed by atoms with Crippen molar-refractivity contribution in [2.24, 2.45) is 0 Å². The van der Waals surface area contributed by atoms with Crippen molar-refractivity contribution in [3.63, 3.8) is 0 Å². The maximum atomic E-state index is 8.12. The number of aryl methyl sites for hydroxylation is 1. The molecule has 0 heterocycles. The highest BCUT2D eigenvalue weighted by Crippen LogP contribution is 2.29. The van der Waals surface area contributed by atoms with E-state index in [1.807, 2.05) is 6.07 Å². The van der Waals surface area contributed by atoms with Crippen LogP contribution in [0.25, 0.3) is 0 Å². The Morgan fingerprint density at radius 2 is 1.95 bits per heavy atom. The maximum absolute atomic E-state index is 8.12. The van der Waals surface area contributed by atoms with Gasteiger partial charge in [-0.3, -0.25) is 0 Å². The van der Waals surface area contributed by atoms with Gasteiger partial charge in [-0.15, -0.1) is 0 Å². The summed E-state index contributed by atoms with van der Waals surface area (Å²) in [6.45, 7) is 3.04. The zero-order valence-corrected chi connectivity index (χ0v) is 13.1. The Kier molecular flexibility index (Phi) is 7.86. The highest BCUT2D eigenvalue weighted by molar-refractivity contribution is 6.42. The smallest absolute Gasteiger partial charge is 0.310 e. The van der Waals surface area contributed by atoms with E-state index in [1.54, 1.807) is 0 Å². The van der Waals surface area contributed by atoms with Gasteiger partial charge in [-0.2, -0.15) is 9.59 Å². The predicted octanol–water partition coefficient (Wildman–Crippen LogP) is 4.00. The lowest BCUT2D eigenvalue weighted by Gasteiger charge is -2.10. The van der Waals surface area contributed by atoms with Crippen molar-refractivity contribution >= 4 is 29.4 Å². The summed E-state index contributed by atoms with van der Waals surface area (Å²) in [5, 5.41) is 4.88. The van der Waals surface area contributed by atoms with E-state index in [2.05, 4.69) is 18.3 Å². The van der Waals surface area contributed by atoms with Gasteiger partial charge in [-0.25, -0.2) is 0 Å².